The molecule has 0 N–H and O–H groups in total. The molecule has 3 aromatic rings. The Morgan fingerprint density at radius 1 is 0.545 bits per heavy atom. The normalized spacial score (nSPS) is 27.0. The minimum absolute atomic E-state index is 0.468. The molecule has 3 aliphatic carbocycles. The minimum Gasteiger partial charge on any atom is -0.228 e. The van der Waals surface area contributed by atoms with Crippen LogP contribution in [-0.4, -0.2) is 0 Å². The first-order valence-corrected chi connectivity index (χ1v) is 8.15. The van der Waals surface area contributed by atoms with Crippen molar-refractivity contribution in [1.82, 2.24) is 0 Å². The summed E-state index contributed by atoms with van der Waals surface area (Å²) < 4.78 is 16.0. The van der Waals surface area contributed by atoms with Crippen LogP contribution in [0.3, 0.4) is 0 Å². The highest BCUT2D eigenvalue weighted by molar-refractivity contribution is 9.10. The van der Waals surface area contributed by atoms with E-state index in [1.54, 1.807) is 0 Å². The highest BCUT2D eigenvalue weighted by Crippen LogP contribution is 2.64. The van der Waals surface area contributed by atoms with E-state index >= 15 is 4.39 Å². The van der Waals surface area contributed by atoms with Gasteiger partial charge in [0.25, 0.3) is 0 Å². The molecule has 3 aromatic carbocycles. The molecule has 0 amide bonds. The molecule has 0 heterocycles. The summed E-state index contributed by atoms with van der Waals surface area (Å²) in [5, 5.41) is 0. The van der Waals surface area contributed by atoms with E-state index in [4.69, 9.17) is 0 Å². The average molecular weight is 351 g/mol. The first-order valence-electron chi connectivity index (χ1n) is 7.36. The first kappa shape index (κ1) is 12.6. The van der Waals surface area contributed by atoms with Crippen molar-refractivity contribution in [1.29, 1.82) is 0 Å². The lowest BCUT2D eigenvalue weighted by atomic mass is 9.59. The van der Waals surface area contributed by atoms with E-state index in [9.17, 15) is 0 Å². The van der Waals surface area contributed by atoms with Gasteiger partial charge in [-0.1, -0.05) is 88.7 Å². The van der Waals surface area contributed by atoms with Crippen LogP contribution < -0.4 is 0 Å². The van der Waals surface area contributed by atoms with Crippen molar-refractivity contribution in [3.05, 3.63) is 106 Å². The molecule has 2 bridgehead atoms. The highest BCUT2D eigenvalue weighted by Gasteiger charge is 2.58. The summed E-state index contributed by atoms with van der Waals surface area (Å²) in [4.78, 5) is 0. The van der Waals surface area contributed by atoms with Crippen LogP contribution in [0, 0.1) is 0 Å². The number of alkyl halides is 2. The van der Waals surface area contributed by atoms with Crippen LogP contribution in [0.15, 0.2) is 72.8 Å². The number of halogens is 2. The fourth-order valence-corrected chi connectivity index (χ4v) is 5.16. The van der Waals surface area contributed by atoms with E-state index in [1.165, 1.54) is 0 Å². The van der Waals surface area contributed by atoms with Gasteiger partial charge in [-0.05, 0) is 16.7 Å². The van der Waals surface area contributed by atoms with E-state index in [-0.39, 0.29) is 0 Å². The molecule has 106 valence electrons. The topological polar surface area (TPSA) is 0 Å². The molecule has 0 aromatic heterocycles. The summed E-state index contributed by atoms with van der Waals surface area (Å²) in [5.74, 6) is 0. The Morgan fingerprint density at radius 2 is 0.818 bits per heavy atom. The Kier molecular flexibility index (Phi) is 2.22. The van der Waals surface area contributed by atoms with Gasteiger partial charge in [-0.25, -0.2) is 4.39 Å². The van der Waals surface area contributed by atoms with E-state index in [0.29, 0.717) is 0 Å². The molecular formula is C20H12BrF. The van der Waals surface area contributed by atoms with Crippen molar-refractivity contribution in [2.45, 2.75) is 9.99 Å². The minimum atomic E-state index is -1.57. The summed E-state index contributed by atoms with van der Waals surface area (Å²) in [6.45, 7) is 0. The Bertz CT molecular complexity index is 735. The lowest BCUT2D eigenvalue weighted by Crippen LogP contribution is -2.45. The van der Waals surface area contributed by atoms with Gasteiger partial charge >= 0.3 is 0 Å². The summed E-state index contributed by atoms with van der Waals surface area (Å²) in [6, 6.07) is 23.5. The zero-order chi connectivity index (χ0) is 14.9. The van der Waals surface area contributed by atoms with E-state index < -0.39 is 9.99 Å². The quantitative estimate of drug-likeness (QED) is 0.485. The molecule has 0 spiro atoms. The smallest absolute Gasteiger partial charge is 0.187 e. The molecule has 22 heavy (non-hydrogen) atoms. The second kappa shape index (κ2) is 3.88. The fourth-order valence-electron chi connectivity index (χ4n) is 4.12. The Balaban J connectivity index is 2.05. The molecule has 0 fully saturated rings. The maximum atomic E-state index is 16.5. The number of hydrogen-bond acceptors (Lipinski definition) is 0. The molecular weight excluding hydrogens is 339 g/mol. The molecule has 0 radical (unpaired) electrons. The molecule has 0 saturated carbocycles. The van der Waals surface area contributed by atoms with E-state index in [0.717, 1.165) is 33.4 Å². The van der Waals surface area contributed by atoms with Crippen molar-refractivity contribution in [3.8, 4) is 0 Å². The number of benzene rings is 3. The molecule has 0 saturated heterocycles. The van der Waals surface area contributed by atoms with Crippen molar-refractivity contribution in [3.63, 3.8) is 0 Å². The van der Waals surface area contributed by atoms with Crippen molar-refractivity contribution < 1.29 is 4.39 Å². The van der Waals surface area contributed by atoms with Crippen molar-refractivity contribution in [2.24, 2.45) is 0 Å². The van der Waals surface area contributed by atoms with Gasteiger partial charge in [0.15, 0.2) is 5.67 Å². The zero-order valence-electron chi connectivity index (χ0n) is 11.7. The van der Waals surface area contributed by atoms with Crippen LogP contribution in [-0.2, 0) is 9.99 Å². The van der Waals surface area contributed by atoms with Gasteiger partial charge in [0, 0.05) is 16.7 Å². The first-order chi connectivity index (χ1) is 10.7. The van der Waals surface area contributed by atoms with Gasteiger partial charge in [0.05, 0.1) is 0 Å². The van der Waals surface area contributed by atoms with Crippen LogP contribution in [0.4, 0.5) is 4.39 Å². The maximum absolute atomic E-state index is 16.5. The summed E-state index contributed by atoms with van der Waals surface area (Å²) in [5.41, 5.74) is 3.72. The third kappa shape index (κ3) is 1.17. The lowest BCUT2D eigenvalue weighted by Gasteiger charge is -2.50. The SMILES string of the molecule is FC12c3ccccc3C(Br)(c3ccccc31)c1ccccc12. The second-order valence-electron chi connectivity index (χ2n) is 5.95. The van der Waals surface area contributed by atoms with Crippen LogP contribution in [0.1, 0.15) is 33.4 Å². The maximum Gasteiger partial charge on any atom is 0.187 e. The fraction of sp³-hybridized carbons (Fsp3) is 0.100. The van der Waals surface area contributed by atoms with Gasteiger partial charge in [-0.3, -0.25) is 0 Å². The van der Waals surface area contributed by atoms with Crippen molar-refractivity contribution in [2.75, 3.05) is 0 Å². The molecule has 0 nitrogen and oxygen atoms in total. The molecule has 0 atom stereocenters. The van der Waals surface area contributed by atoms with Crippen molar-refractivity contribution >= 4 is 15.9 Å². The average Bonchev–Trinajstić information content (AvgIpc) is 2.59. The predicted octanol–water partition coefficient (Wildman–Crippen LogP) is 5.26. The van der Waals surface area contributed by atoms with Crippen LogP contribution in [0.25, 0.3) is 0 Å². The number of hydrogen-bond donors (Lipinski definition) is 0. The molecule has 6 rings (SSSR count). The molecule has 2 heteroatoms. The van der Waals surface area contributed by atoms with Gasteiger partial charge in [0.2, 0.25) is 0 Å². The van der Waals surface area contributed by atoms with E-state index in [1.807, 2.05) is 72.8 Å². The largest absolute Gasteiger partial charge is 0.228 e. The van der Waals surface area contributed by atoms with Gasteiger partial charge in [-0.15, -0.1) is 0 Å². The summed E-state index contributed by atoms with van der Waals surface area (Å²) in [7, 11) is 0. The van der Waals surface area contributed by atoms with Crippen LogP contribution in [0.5, 0.6) is 0 Å². The van der Waals surface area contributed by atoms with Crippen LogP contribution >= 0.6 is 15.9 Å². The Labute approximate surface area is 136 Å². The highest BCUT2D eigenvalue weighted by atomic mass is 79.9. The third-order valence-corrected chi connectivity index (χ3v) is 6.29. The molecule has 3 aliphatic rings. The van der Waals surface area contributed by atoms with Gasteiger partial charge in [0.1, 0.15) is 4.32 Å². The lowest BCUT2D eigenvalue weighted by molar-refractivity contribution is 0.257. The van der Waals surface area contributed by atoms with Crippen LogP contribution in [0.2, 0.25) is 0 Å². The zero-order valence-corrected chi connectivity index (χ0v) is 13.3. The summed E-state index contributed by atoms with van der Waals surface area (Å²) in [6.07, 6.45) is 0. The van der Waals surface area contributed by atoms with Gasteiger partial charge < -0.3 is 0 Å². The number of rotatable bonds is 0. The second-order valence-corrected chi connectivity index (χ2v) is 7.14. The monoisotopic (exact) mass is 350 g/mol. The van der Waals surface area contributed by atoms with E-state index in [2.05, 4.69) is 15.9 Å². The third-order valence-electron chi connectivity index (χ3n) is 5.01. The molecule has 0 unspecified atom stereocenters. The standard InChI is InChI=1S/C20H12BrF/c21-19-13-7-1-4-10-16(13)20(22,17-11-5-2-8-14(17)19)18-12-6-3-9-15(18)19/h1-12H. The summed E-state index contributed by atoms with van der Waals surface area (Å²) >= 11 is 3.99. The molecule has 0 aliphatic heterocycles. The Hall–Kier alpha value is -1.93. The Morgan fingerprint density at radius 3 is 1.14 bits per heavy atom. The van der Waals surface area contributed by atoms with Gasteiger partial charge in [-0.2, -0.15) is 0 Å². The predicted molar refractivity (Wildman–Crippen MR) is 89.1 cm³/mol.